The molecule has 0 radical (unpaired) electrons. The van der Waals surface area contributed by atoms with Gasteiger partial charge >= 0.3 is 0 Å². The summed E-state index contributed by atoms with van der Waals surface area (Å²) in [5, 5.41) is 20.2. The maximum absolute atomic E-state index is 11.2. The first kappa shape index (κ1) is 12.7. The summed E-state index contributed by atoms with van der Waals surface area (Å²) in [4.78, 5) is 11.2. The summed E-state index contributed by atoms with van der Waals surface area (Å²) in [5.74, 6) is -0.552. The highest BCUT2D eigenvalue weighted by Crippen LogP contribution is 2.10. The van der Waals surface area contributed by atoms with Crippen molar-refractivity contribution in [3.63, 3.8) is 0 Å². The molecule has 1 rings (SSSR count). The zero-order valence-electron chi connectivity index (χ0n) is 9.53. The summed E-state index contributed by atoms with van der Waals surface area (Å²) in [5.41, 5.74) is 3.22. The number of nitrogens with one attached hydrogen (secondary N) is 1. The van der Waals surface area contributed by atoms with Gasteiger partial charge < -0.3 is 15.5 Å². The first-order chi connectivity index (χ1) is 7.54. The van der Waals surface area contributed by atoms with Gasteiger partial charge in [0.25, 0.3) is 5.91 Å². The largest absolute Gasteiger partial charge is 0.393 e. The number of aliphatic hydroxyl groups excluding tert-OH is 2. The topological polar surface area (TPSA) is 69.6 Å². The molecule has 4 heteroatoms. The Bertz CT molecular complexity index is 377. The first-order valence-corrected chi connectivity index (χ1v) is 5.17. The Morgan fingerprint density at radius 1 is 1.44 bits per heavy atom. The quantitative estimate of drug-likeness (QED) is 0.686. The van der Waals surface area contributed by atoms with Crippen LogP contribution in [0.15, 0.2) is 18.2 Å². The summed E-state index contributed by atoms with van der Waals surface area (Å²) in [6, 6.07) is 5.98. The van der Waals surface area contributed by atoms with Gasteiger partial charge in [0.15, 0.2) is 6.10 Å². The molecule has 0 bridgehead atoms. The van der Waals surface area contributed by atoms with Gasteiger partial charge in [-0.25, -0.2) is 0 Å². The molecule has 0 saturated carbocycles. The molecule has 1 atom stereocenters. The maximum Gasteiger partial charge on any atom is 0.251 e. The molecule has 4 nitrogen and oxygen atoms in total. The van der Waals surface area contributed by atoms with Gasteiger partial charge in [-0.2, -0.15) is 0 Å². The number of rotatable bonds is 4. The van der Waals surface area contributed by atoms with Crippen molar-refractivity contribution in [2.75, 3.05) is 6.61 Å². The van der Waals surface area contributed by atoms with Crippen LogP contribution in [-0.2, 0) is 11.3 Å². The van der Waals surface area contributed by atoms with E-state index in [0.29, 0.717) is 6.54 Å². The van der Waals surface area contributed by atoms with Crippen molar-refractivity contribution < 1.29 is 15.0 Å². The molecule has 1 aromatic rings. The molecule has 0 aliphatic rings. The predicted octanol–water partition coefficient (Wildman–Crippen LogP) is 0.273. The van der Waals surface area contributed by atoms with E-state index in [0.717, 1.165) is 16.7 Å². The highest BCUT2D eigenvalue weighted by molar-refractivity contribution is 5.80. The molecule has 0 aromatic heterocycles. The SMILES string of the molecule is Cc1ccc(C)c(CNC(=O)C(O)CO)c1. The van der Waals surface area contributed by atoms with Crippen LogP contribution < -0.4 is 5.32 Å². The van der Waals surface area contributed by atoms with Gasteiger partial charge in [-0.1, -0.05) is 23.8 Å². The Morgan fingerprint density at radius 3 is 2.75 bits per heavy atom. The number of aryl methyl sites for hydroxylation is 2. The molecule has 0 fully saturated rings. The molecule has 3 N–H and O–H groups in total. The molecule has 0 spiro atoms. The number of amides is 1. The second kappa shape index (κ2) is 5.63. The summed E-state index contributed by atoms with van der Waals surface area (Å²) in [7, 11) is 0. The van der Waals surface area contributed by atoms with Crippen molar-refractivity contribution >= 4 is 5.91 Å². The lowest BCUT2D eigenvalue weighted by atomic mass is 10.1. The zero-order valence-corrected chi connectivity index (χ0v) is 9.53. The molecule has 88 valence electrons. The number of carbonyl (C=O) groups is 1. The Hall–Kier alpha value is -1.39. The summed E-state index contributed by atoms with van der Waals surface area (Å²) >= 11 is 0. The third-order valence-corrected chi connectivity index (χ3v) is 2.43. The second-order valence-electron chi connectivity index (χ2n) is 3.85. The van der Waals surface area contributed by atoms with E-state index >= 15 is 0 Å². The second-order valence-corrected chi connectivity index (χ2v) is 3.85. The third kappa shape index (κ3) is 3.32. The predicted molar refractivity (Wildman–Crippen MR) is 60.9 cm³/mol. The standard InChI is InChI=1S/C12H17NO3/c1-8-3-4-9(2)10(5-8)6-13-12(16)11(15)7-14/h3-5,11,14-15H,6-7H2,1-2H3,(H,13,16). The van der Waals surface area contributed by atoms with E-state index in [9.17, 15) is 4.79 Å². The van der Waals surface area contributed by atoms with Crippen molar-refractivity contribution in [3.05, 3.63) is 34.9 Å². The van der Waals surface area contributed by atoms with Crippen LogP contribution in [0, 0.1) is 13.8 Å². The molecule has 1 aromatic carbocycles. The number of aliphatic hydroxyl groups is 2. The van der Waals surface area contributed by atoms with Gasteiger partial charge in [0.05, 0.1) is 6.61 Å². The average Bonchev–Trinajstić information content (AvgIpc) is 2.28. The fourth-order valence-corrected chi connectivity index (χ4v) is 1.37. The Kier molecular flexibility index (Phi) is 4.46. The van der Waals surface area contributed by atoms with E-state index in [2.05, 4.69) is 5.32 Å². The van der Waals surface area contributed by atoms with Crippen molar-refractivity contribution in [2.24, 2.45) is 0 Å². The van der Waals surface area contributed by atoms with E-state index in [4.69, 9.17) is 10.2 Å². The minimum atomic E-state index is -1.34. The first-order valence-electron chi connectivity index (χ1n) is 5.17. The molecule has 1 amide bonds. The molecule has 0 heterocycles. The van der Waals surface area contributed by atoms with Crippen LogP contribution in [0.1, 0.15) is 16.7 Å². The minimum absolute atomic E-state index is 0.364. The van der Waals surface area contributed by atoms with Crippen molar-refractivity contribution in [2.45, 2.75) is 26.5 Å². The van der Waals surface area contributed by atoms with Gasteiger partial charge in [-0.3, -0.25) is 4.79 Å². The Morgan fingerprint density at radius 2 is 2.12 bits per heavy atom. The molecule has 1 unspecified atom stereocenters. The lowest BCUT2D eigenvalue weighted by molar-refractivity contribution is -0.131. The van der Waals surface area contributed by atoms with E-state index in [1.165, 1.54) is 0 Å². The summed E-state index contributed by atoms with van der Waals surface area (Å²) in [6.45, 7) is 3.75. The Balaban J connectivity index is 2.61. The molecular weight excluding hydrogens is 206 g/mol. The number of benzene rings is 1. The summed E-state index contributed by atoms with van der Waals surface area (Å²) in [6.07, 6.45) is -1.34. The molecule has 0 aliphatic heterocycles. The number of carbonyl (C=O) groups excluding carboxylic acids is 1. The summed E-state index contributed by atoms with van der Waals surface area (Å²) < 4.78 is 0. The fraction of sp³-hybridized carbons (Fsp3) is 0.417. The van der Waals surface area contributed by atoms with Gasteiger partial charge in [-0.05, 0) is 25.0 Å². The van der Waals surface area contributed by atoms with E-state index in [-0.39, 0.29) is 0 Å². The molecule has 16 heavy (non-hydrogen) atoms. The van der Waals surface area contributed by atoms with Crippen molar-refractivity contribution in [1.82, 2.24) is 5.32 Å². The normalized spacial score (nSPS) is 12.2. The van der Waals surface area contributed by atoms with Crippen molar-refractivity contribution in [3.8, 4) is 0 Å². The van der Waals surface area contributed by atoms with Crippen LogP contribution >= 0.6 is 0 Å². The van der Waals surface area contributed by atoms with Crippen LogP contribution in [0.4, 0.5) is 0 Å². The van der Waals surface area contributed by atoms with Gasteiger partial charge in [0.2, 0.25) is 0 Å². The monoisotopic (exact) mass is 223 g/mol. The van der Waals surface area contributed by atoms with Crippen LogP contribution in [0.2, 0.25) is 0 Å². The van der Waals surface area contributed by atoms with E-state index in [1.54, 1.807) is 0 Å². The van der Waals surface area contributed by atoms with Gasteiger partial charge in [0.1, 0.15) is 0 Å². The maximum atomic E-state index is 11.2. The van der Waals surface area contributed by atoms with Gasteiger partial charge in [0, 0.05) is 6.54 Å². The smallest absolute Gasteiger partial charge is 0.251 e. The molecule has 0 aliphatic carbocycles. The minimum Gasteiger partial charge on any atom is -0.393 e. The highest BCUT2D eigenvalue weighted by atomic mass is 16.3. The highest BCUT2D eigenvalue weighted by Gasteiger charge is 2.12. The fourth-order valence-electron chi connectivity index (χ4n) is 1.37. The van der Waals surface area contributed by atoms with E-state index in [1.807, 2.05) is 32.0 Å². The van der Waals surface area contributed by atoms with E-state index < -0.39 is 18.6 Å². The Labute approximate surface area is 94.9 Å². The molecule has 0 saturated heterocycles. The number of hydrogen-bond donors (Lipinski definition) is 3. The van der Waals surface area contributed by atoms with Gasteiger partial charge in [-0.15, -0.1) is 0 Å². The average molecular weight is 223 g/mol. The lowest BCUT2D eigenvalue weighted by Gasteiger charge is -2.11. The molecular formula is C12H17NO3. The number of hydrogen-bond acceptors (Lipinski definition) is 3. The van der Waals surface area contributed by atoms with Crippen LogP contribution in [-0.4, -0.2) is 28.8 Å². The van der Waals surface area contributed by atoms with Crippen molar-refractivity contribution in [1.29, 1.82) is 0 Å². The third-order valence-electron chi connectivity index (χ3n) is 2.43. The zero-order chi connectivity index (χ0) is 12.1. The van der Waals surface area contributed by atoms with Crippen LogP contribution in [0.25, 0.3) is 0 Å². The van der Waals surface area contributed by atoms with Crippen LogP contribution in [0.3, 0.4) is 0 Å². The lowest BCUT2D eigenvalue weighted by Crippen LogP contribution is -2.36. The van der Waals surface area contributed by atoms with Crippen LogP contribution in [0.5, 0.6) is 0 Å².